The number of esters is 1. The molecule has 0 N–H and O–H groups in total. The lowest BCUT2D eigenvalue weighted by Gasteiger charge is -2.30. The molecular weight excluding hydrogens is 390 g/mol. The topological polar surface area (TPSA) is 74.2 Å². The molecule has 2 atom stereocenters. The summed E-state index contributed by atoms with van der Waals surface area (Å²) >= 11 is 1.62. The standard InChI is InChI=1S/C22H29NO5S/c1-21(2,3)28-19(25)12-18(24)16-7-6-8-17(11-16)22(14-29-15-23-22)13-27-20-9-4-5-10-26-20/h6-8,11,15,20H,4-5,9-10,12-14H2,1-3H3. The van der Waals surface area contributed by atoms with Gasteiger partial charge in [0.1, 0.15) is 17.6 Å². The van der Waals surface area contributed by atoms with Gasteiger partial charge in [-0.3, -0.25) is 14.6 Å². The van der Waals surface area contributed by atoms with E-state index in [-0.39, 0.29) is 18.5 Å². The average Bonchev–Trinajstić information content (AvgIpc) is 3.16. The molecule has 6 nitrogen and oxygen atoms in total. The summed E-state index contributed by atoms with van der Waals surface area (Å²) < 4.78 is 17.0. The van der Waals surface area contributed by atoms with Crippen molar-refractivity contribution >= 4 is 29.1 Å². The monoisotopic (exact) mass is 419 g/mol. The lowest BCUT2D eigenvalue weighted by atomic mass is 9.91. The summed E-state index contributed by atoms with van der Waals surface area (Å²) in [6, 6.07) is 7.33. The molecule has 1 aromatic carbocycles. The number of carbonyl (C=O) groups is 2. The zero-order valence-corrected chi connectivity index (χ0v) is 18.1. The summed E-state index contributed by atoms with van der Waals surface area (Å²) in [6.07, 6.45) is 2.59. The minimum Gasteiger partial charge on any atom is -0.460 e. The minimum atomic E-state index is -0.614. The molecular formula is C22H29NO5S. The van der Waals surface area contributed by atoms with Crippen molar-refractivity contribution in [3.8, 4) is 0 Å². The summed E-state index contributed by atoms with van der Waals surface area (Å²) in [5.41, 5.74) is 2.06. The molecule has 3 rings (SSSR count). The van der Waals surface area contributed by atoms with Gasteiger partial charge in [0.05, 0.1) is 12.2 Å². The fourth-order valence-electron chi connectivity index (χ4n) is 3.34. The first-order chi connectivity index (χ1) is 13.8. The Kier molecular flexibility index (Phi) is 7.14. The van der Waals surface area contributed by atoms with Crippen LogP contribution in [-0.4, -0.2) is 48.2 Å². The third kappa shape index (κ3) is 6.14. The van der Waals surface area contributed by atoms with Crippen molar-refractivity contribution in [2.24, 2.45) is 4.99 Å². The van der Waals surface area contributed by atoms with Crippen LogP contribution in [0.5, 0.6) is 0 Å². The molecule has 1 saturated heterocycles. The fourth-order valence-corrected chi connectivity index (χ4v) is 4.29. The molecule has 0 amide bonds. The van der Waals surface area contributed by atoms with Crippen LogP contribution in [0.25, 0.3) is 0 Å². The van der Waals surface area contributed by atoms with Crippen LogP contribution in [0.15, 0.2) is 29.3 Å². The Morgan fingerprint density at radius 3 is 2.79 bits per heavy atom. The van der Waals surface area contributed by atoms with Gasteiger partial charge in [0.2, 0.25) is 0 Å². The second-order valence-corrected chi connectivity index (χ2v) is 9.28. The van der Waals surface area contributed by atoms with Crippen LogP contribution in [0.1, 0.15) is 62.4 Å². The zero-order chi connectivity index (χ0) is 20.9. The molecule has 0 radical (unpaired) electrons. The van der Waals surface area contributed by atoms with Crippen molar-refractivity contribution in [2.45, 2.75) is 63.9 Å². The minimum absolute atomic E-state index is 0.196. The van der Waals surface area contributed by atoms with E-state index < -0.39 is 17.1 Å². The molecule has 2 heterocycles. The number of ketones is 1. The van der Waals surface area contributed by atoms with Gasteiger partial charge in [-0.25, -0.2) is 0 Å². The van der Waals surface area contributed by atoms with Gasteiger partial charge < -0.3 is 14.2 Å². The molecule has 0 saturated carbocycles. The average molecular weight is 420 g/mol. The molecule has 0 aliphatic carbocycles. The Labute approximate surface area is 176 Å². The lowest BCUT2D eigenvalue weighted by Crippen LogP contribution is -2.34. The maximum Gasteiger partial charge on any atom is 0.314 e. The number of Topliss-reactive ketones (excluding diaryl/α,β-unsaturated/α-hetero) is 1. The molecule has 0 aromatic heterocycles. The number of aliphatic imine (C=N–C) groups is 1. The third-order valence-corrected chi connectivity index (χ3v) is 5.69. The molecule has 7 heteroatoms. The van der Waals surface area contributed by atoms with Crippen LogP contribution >= 0.6 is 11.8 Å². The van der Waals surface area contributed by atoms with E-state index in [0.29, 0.717) is 12.2 Å². The van der Waals surface area contributed by atoms with E-state index >= 15 is 0 Å². The van der Waals surface area contributed by atoms with Crippen LogP contribution in [0.3, 0.4) is 0 Å². The number of benzene rings is 1. The molecule has 29 heavy (non-hydrogen) atoms. The Morgan fingerprint density at radius 1 is 1.31 bits per heavy atom. The molecule has 158 valence electrons. The highest BCUT2D eigenvalue weighted by molar-refractivity contribution is 8.12. The SMILES string of the molecule is CC(C)(C)OC(=O)CC(=O)c1cccc(C2(COC3CCCCO3)CSC=N2)c1. The number of ether oxygens (including phenoxy) is 3. The second kappa shape index (κ2) is 9.41. The summed E-state index contributed by atoms with van der Waals surface area (Å²) in [5.74, 6) is -0.0408. The summed E-state index contributed by atoms with van der Waals surface area (Å²) in [4.78, 5) is 29.3. The Bertz CT molecular complexity index is 767. The zero-order valence-electron chi connectivity index (χ0n) is 17.3. The highest BCUT2D eigenvalue weighted by atomic mass is 32.2. The van der Waals surface area contributed by atoms with Crippen LogP contribution in [0.4, 0.5) is 0 Å². The van der Waals surface area contributed by atoms with Crippen molar-refractivity contribution in [1.82, 2.24) is 0 Å². The van der Waals surface area contributed by atoms with Gasteiger partial charge in [0, 0.05) is 17.9 Å². The van der Waals surface area contributed by atoms with E-state index in [9.17, 15) is 9.59 Å². The van der Waals surface area contributed by atoms with E-state index in [2.05, 4.69) is 4.99 Å². The smallest absolute Gasteiger partial charge is 0.314 e. The summed E-state index contributed by atoms with van der Waals surface area (Å²) in [7, 11) is 0. The molecule has 2 aliphatic rings. The Balaban J connectivity index is 1.70. The van der Waals surface area contributed by atoms with Crippen molar-refractivity contribution in [3.05, 3.63) is 35.4 Å². The summed E-state index contributed by atoms with van der Waals surface area (Å²) in [5, 5.41) is 0. The normalized spacial score (nSPS) is 24.4. The second-order valence-electron chi connectivity index (χ2n) is 8.45. The van der Waals surface area contributed by atoms with Gasteiger partial charge in [-0.1, -0.05) is 18.2 Å². The predicted molar refractivity (Wildman–Crippen MR) is 113 cm³/mol. The Hall–Kier alpha value is -1.70. The van der Waals surface area contributed by atoms with Crippen molar-refractivity contribution in [2.75, 3.05) is 19.0 Å². The molecule has 1 aromatic rings. The summed E-state index contributed by atoms with van der Waals surface area (Å²) in [6.45, 7) is 6.47. The molecule has 2 aliphatic heterocycles. The van der Waals surface area contributed by atoms with Gasteiger partial charge in [0.25, 0.3) is 0 Å². The highest BCUT2D eigenvalue weighted by Crippen LogP contribution is 2.36. The van der Waals surface area contributed by atoms with E-state index in [1.54, 1.807) is 38.6 Å². The number of rotatable bonds is 7. The first kappa shape index (κ1) is 22.0. The maximum absolute atomic E-state index is 12.6. The first-order valence-electron chi connectivity index (χ1n) is 10.0. The van der Waals surface area contributed by atoms with Gasteiger partial charge in [-0.05, 0) is 51.7 Å². The fraction of sp³-hybridized carbons (Fsp3) is 0.591. The van der Waals surface area contributed by atoms with Crippen molar-refractivity contribution in [3.63, 3.8) is 0 Å². The number of hydrogen-bond donors (Lipinski definition) is 0. The number of thioether (sulfide) groups is 1. The van der Waals surface area contributed by atoms with Gasteiger partial charge in [0.15, 0.2) is 12.1 Å². The van der Waals surface area contributed by atoms with Gasteiger partial charge in [-0.15, -0.1) is 11.8 Å². The number of carbonyl (C=O) groups excluding carboxylic acids is 2. The van der Waals surface area contributed by atoms with Gasteiger partial charge in [-0.2, -0.15) is 0 Å². The third-order valence-electron chi connectivity index (χ3n) is 4.79. The molecule has 1 fully saturated rings. The van der Waals surface area contributed by atoms with Crippen LogP contribution in [-0.2, 0) is 24.5 Å². The largest absolute Gasteiger partial charge is 0.460 e. The highest BCUT2D eigenvalue weighted by Gasteiger charge is 2.36. The molecule has 0 spiro atoms. The number of hydrogen-bond acceptors (Lipinski definition) is 7. The quantitative estimate of drug-likeness (QED) is 0.376. The maximum atomic E-state index is 12.6. The first-order valence-corrected chi connectivity index (χ1v) is 11.1. The van der Waals surface area contributed by atoms with E-state index in [1.807, 2.05) is 23.7 Å². The van der Waals surface area contributed by atoms with Crippen LogP contribution in [0, 0.1) is 0 Å². The van der Waals surface area contributed by atoms with Gasteiger partial charge >= 0.3 is 5.97 Å². The van der Waals surface area contributed by atoms with Crippen LogP contribution in [0.2, 0.25) is 0 Å². The number of nitrogens with zero attached hydrogens (tertiary/aromatic N) is 1. The van der Waals surface area contributed by atoms with Crippen molar-refractivity contribution < 1.29 is 23.8 Å². The van der Waals surface area contributed by atoms with Crippen molar-refractivity contribution in [1.29, 1.82) is 0 Å². The molecule has 2 unspecified atom stereocenters. The predicted octanol–water partition coefficient (Wildman–Crippen LogP) is 4.11. The van der Waals surface area contributed by atoms with E-state index in [0.717, 1.165) is 37.2 Å². The van der Waals surface area contributed by atoms with E-state index in [1.165, 1.54) is 0 Å². The molecule has 0 bridgehead atoms. The van der Waals surface area contributed by atoms with Crippen LogP contribution < -0.4 is 0 Å². The van der Waals surface area contributed by atoms with E-state index in [4.69, 9.17) is 14.2 Å². The Morgan fingerprint density at radius 2 is 2.14 bits per heavy atom. The lowest BCUT2D eigenvalue weighted by molar-refractivity contribution is -0.170.